The summed E-state index contributed by atoms with van der Waals surface area (Å²) in [6.45, 7) is 3.31. The van der Waals surface area contributed by atoms with Crippen molar-refractivity contribution in [3.63, 3.8) is 0 Å². The number of rotatable bonds is 5. The van der Waals surface area contributed by atoms with Gasteiger partial charge in [-0.15, -0.1) is 0 Å². The highest BCUT2D eigenvalue weighted by Crippen LogP contribution is 2.28. The van der Waals surface area contributed by atoms with Crippen LogP contribution in [0, 0.1) is 5.92 Å². The van der Waals surface area contributed by atoms with E-state index in [1.54, 1.807) is 0 Å². The molecule has 0 spiro atoms. The maximum Gasteiger partial charge on any atom is 0.0808 e. The fraction of sp³-hybridized carbons (Fsp3) is 0.571. The van der Waals surface area contributed by atoms with Crippen molar-refractivity contribution in [1.82, 2.24) is 0 Å². The van der Waals surface area contributed by atoms with Crippen LogP contribution in [0.2, 0.25) is 0 Å². The Morgan fingerprint density at radius 1 is 1.31 bits per heavy atom. The van der Waals surface area contributed by atoms with Crippen LogP contribution in [0.25, 0.3) is 0 Å². The van der Waals surface area contributed by atoms with Crippen molar-refractivity contribution in [2.75, 3.05) is 13.2 Å². The van der Waals surface area contributed by atoms with Gasteiger partial charge in [0, 0.05) is 6.61 Å². The second-order valence-corrected chi connectivity index (χ2v) is 4.58. The van der Waals surface area contributed by atoms with Crippen LogP contribution in [0.5, 0.6) is 0 Å². The average Bonchev–Trinajstić information content (AvgIpc) is 2.73. The molecular formula is C14H20O2. The van der Waals surface area contributed by atoms with E-state index in [4.69, 9.17) is 4.74 Å². The molecule has 1 unspecified atom stereocenters. The van der Waals surface area contributed by atoms with Crippen molar-refractivity contribution in [3.05, 3.63) is 35.4 Å². The highest BCUT2D eigenvalue weighted by atomic mass is 16.5. The number of aliphatic hydroxyl groups excluding tert-OH is 1. The Balaban J connectivity index is 1.86. The molecule has 16 heavy (non-hydrogen) atoms. The largest absolute Gasteiger partial charge is 0.390 e. The molecule has 0 saturated carbocycles. The third kappa shape index (κ3) is 2.63. The molecule has 1 aromatic carbocycles. The summed E-state index contributed by atoms with van der Waals surface area (Å²) in [7, 11) is 0. The minimum absolute atomic E-state index is 0.320. The zero-order chi connectivity index (χ0) is 11.4. The fourth-order valence-electron chi connectivity index (χ4n) is 2.35. The molecule has 1 N–H and O–H groups in total. The van der Waals surface area contributed by atoms with Crippen molar-refractivity contribution in [2.24, 2.45) is 5.92 Å². The molecule has 0 radical (unpaired) electrons. The first-order valence-corrected chi connectivity index (χ1v) is 6.14. The molecule has 0 amide bonds. The Bertz CT molecular complexity index is 310. The first-order valence-electron chi connectivity index (χ1n) is 6.14. The second-order valence-electron chi connectivity index (χ2n) is 4.58. The summed E-state index contributed by atoms with van der Waals surface area (Å²) in [5.41, 5.74) is 2.78. The molecule has 1 aliphatic carbocycles. The summed E-state index contributed by atoms with van der Waals surface area (Å²) >= 11 is 0. The van der Waals surface area contributed by atoms with E-state index < -0.39 is 0 Å². The van der Waals surface area contributed by atoms with Crippen molar-refractivity contribution in [1.29, 1.82) is 0 Å². The smallest absolute Gasteiger partial charge is 0.0808 e. The molecular weight excluding hydrogens is 200 g/mol. The summed E-state index contributed by atoms with van der Waals surface area (Å²) in [5.74, 6) is 0.342. The Morgan fingerprint density at radius 2 is 1.94 bits per heavy atom. The highest BCUT2D eigenvalue weighted by Gasteiger charge is 2.26. The molecule has 2 rings (SSSR count). The van der Waals surface area contributed by atoms with Gasteiger partial charge in [0.2, 0.25) is 0 Å². The Kier molecular flexibility index (Phi) is 3.97. The first kappa shape index (κ1) is 11.6. The molecule has 88 valence electrons. The van der Waals surface area contributed by atoms with E-state index in [2.05, 4.69) is 31.2 Å². The van der Waals surface area contributed by atoms with Gasteiger partial charge >= 0.3 is 0 Å². The lowest BCUT2D eigenvalue weighted by atomic mass is 10.00. The van der Waals surface area contributed by atoms with Crippen LogP contribution in [-0.4, -0.2) is 24.4 Å². The summed E-state index contributed by atoms with van der Waals surface area (Å²) in [6, 6.07) is 8.46. The van der Waals surface area contributed by atoms with Crippen molar-refractivity contribution in [3.8, 4) is 0 Å². The number of benzene rings is 1. The van der Waals surface area contributed by atoms with Crippen LogP contribution in [0.3, 0.4) is 0 Å². The SMILES string of the molecule is CCCOCC(O)C1Cc2ccccc2C1. The number of hydrogen-bond donors (Lipinski definition) is 1. The van der Waals surface area contributed by atoms with Crippen LogP contribution < -0.4 is 0 Å². The van der Waals surface area contributed by atoms with Gasteiger partial charge in [-0.25, -0.2) is 0 Å². The van der Waals surface area contributed by atoms with E-state index in [0.29, 0.717) is 12.5 Å². The number of hydrogen-bond acceptors (Lipinski definition) is 2. The van der Waals surface area contributed by atoms with Crippen LogP contribution in [0.15, 0.2) is 24.3 Å². The van der Waals surface area contributed by atoms with Crippen LogP contribution in [0.1, 0.15) is 24.5 Å². The van der Waals surface area contributed by atoms with Gasteiger partial charge < -0.3 is 9.84 Å². The highest BCUT2D eigenvalue weighted by molar-refractivity contribution is 5.32. The van der Waals surface area contributed by atoms with E-state index in [-0.39, 0.29) is 6.10 Å². The molecule has 0 heterocycles. The van der Waals surface area contributed by atoms with Gasteiger partial charge in [-0.05, 0) is 36.3 Å². The lowest BCUT2D eigenvalue weighted by Gasteiger charge is -2.17. The quantitative estimate of drug-likeness (QED) is 0.771. The van der Waals surface area contributed by atoms with E-state index in [1.807, 2.05) is 0 Å². The minimum atomic E-state index is -0.320. The van der Waals surface area contributed by atoms with Crippen LogP contribution in [-0.2, 0) is 17.6 Å². The average molecular weight is 220 g/mol. The van der Waals surface area contributed by atoms with Crippen molar-refractivity contribution < 1.29 is 9.84 Å². The number of ether oxygens (including phenoxy) is 1. The van der Waals surface area contributed by atoms with Crippen LogP contribution in [0.4, 0.5) is 0 Å². The lowest BCUT2D eigenvalue weighted by Crippen LogP contribution is -2.26. The molecule has 2 heteroatoms. The molecule has 2 nitrogen and oxygen atoms in total. The normalized spacial score (nSPS) is 17.4. The lowest BCUT2D eigenvalue weighted by molar-refractivity contribution is 0.00730. The van der Waals surface area contributed by atoms with Gasteiger partial charge in [0.15, 0.2) is 0 Å². The van der Waals surface area contributed by atoms with E-state index in [1.165, 1.54) is 11.1 Å². The maximum atomic E-state index is 10.0. The van der Waals surface area contributed by atoms with Crippen molar-refractivity contribution in [2.45, 2.75) is 32.3 Å². The first-order chi connectivity index (χ1) is 7.81. The van der Waals surface area contributed by atoms with Gasteiger partial charge in [0.25, 0.3) is 0 Å². The van der Waals surface area contributed by atoms with Gasteiger partial charge in [0.1, 0.15) is 0 Å². The van der Waals surface area contributed by atoms with Crippen LogP contribution >= 0.6 is 0 Å². The molecule has 1 atom stereocenters. The zero-order valence-corrected chi connectivity index (χ0v) is 9.86. The fourth-order valence-corrected chi connectivity index (χ4v) is 2.35. The van der Waals surface area contributed by atoms with Gasteiger partial charge in [0.05, 0.1) is 12.7 Å². The second kappa shape index (κ2) is 5.46. The monoisotopic (exact) mass is 220 g/mol. The maximum absolute atomic E-state index is 10.0. The molecule has 0 aliphatic heterocycles. The van der Waals surface area contributed by atoms with Gasteiger partial charge in [-0.1, -0.05) is 31.2 Å². The summed E-state index contributed by atoms with van der Waals surface area (Å²) in [4.78, 5) is 0. The molecule has 0 aromatic heterocycles. The van der Waals surface area contributed by atoms with E-state index >= 15 is 0 Å². The van der Waals surface area contributed by atoms with E-state index in [0.717, 1.165) is 25.9 Å². The van der Waals surface area contributed by atoms with Gasteiger partial charge in [-0.3, -0.25) is 0 Å². The Morgan fingerprint density at radius 3 is 2.50 bits per heavy atom. The number of fused-ring (bicyclic) bond motifs is 1. The molecule has 1 aromatic rings. The summed E-state index contributed by atoms with van der Waals surface area (Å²) in [5, 5.41) is 10.0. The van der Waals surface area contributed by atoms with E-state index in [9.17, 15) is 5.11 Å². The molecule has 0 saturated heterocycles. The predicted molar refractivity (Wildman–Crippen MR) is 64.5 cm³/mol. The Labute approximate surface area is 97.3 Å². The summed E-state index contributed by atoms with van der Waals surface area (Å²) in [6.07, 6.45) is 2.68. The standard InChI is InChI=1S/C14H20O2/c1-2-7-16-10-14(15)13-8-11-5-3-4-6-12(11)9-13/h3-6,13-15H,2,7-10H2,1H3. The zero-order valence-electron chi connectivity index (χ0n) is 9.86. The van der Waals surface area contributed by atoms with Crippen molar-refractivity contribution >= 4 is 0 Å². The molecule has 1 aliphatic rings. The topological polar surface area (TPSA) is 29.5 Å². The summed E-state index contributed by atoms with van der Waals surface area (Å²) < 4.78 is 5.41. The molecule has 0 fully saturated rings. The Hall–Kier alpha value is -0.860. The molecule has 0 bridgehead atoms. The predicted octanol–water partition coefficient (Wildman–Crippen LogP) is 2.19. The minimum Gasteiger partial charge on any atom is -0.390 e. The van der Waals surface area contributed by atoms with Gasteiger partial charge in [-0.2, -0.15) is 0 Å². The third-order valence-electron chi connectivity index (χ3n) is 3.26. The third-order valence-corrected chi connectivity index (χ3v) is 3.26. The number of aliphatic hydroxyl groups is 1.